The van der Waals surface area contributed by atoms with Crippen LogP contribution in [0.3, 0.4) is 0 Å². The van der Waals surface area contributed by atoms with E-state index in [1.54, 1.807) is 47.2 Å². The molecule has 1 saturated heterocycles. The molecule has 2 aliphatic rings. The van der Waals surface area contributed by atoms with Gasteiger partial charge in [0.05, 0.1) is 31.0 Å². The van der Waals surface area contributed by atoms with E-state index in [0.29, 0.717) is 35.8 Å². The largest absolute Gasteiger partial charge is 0.497 e. The molecule has 3 aromatic carbocycles. The van der Waals surface area contributed by atoms with Crippen LogP contribution < -0.4 is 15.0 Å². The van der Waals surface area contributed by atoms with E-state index in [1.165, 1.54) is 11.8 Å². The molecule has 1 spiro atoms. The summed E-state index contributed by atoms with van der Waals surface area (Å²) >= 11 is 1.49. The summed E-state index contributed by atoms with van der Waals surface area (Å²) in [4.78, 5) is 29.9. The van der Waals surface area contributed by atoms with Crippen molar-refractivity contribution in [3.8, 4) is 11.8 Å². The number of ether oxygens (including phenoxy) is 1. The van der Waals surface area contributed by atoms with Crippen LogP contribution >= 0.6 is 11.8 Å². The van der Waals surface area contributed by atoms with Crippen molar-refractivity contribution in [2.24, 2.45) is 0 Å². The Morgan fingerprint density at radius 1 is 1.17 bits per heavy atom. The number of thioether (sulfide) groups is 1. The molecule has 0 bridgehead atoms. The number of nitrogens with one attached hydrogen (secondary N) is 1. The van der Waals surface area contributed by atoms with E-state index in [0.717, 1.165) is 22.4 Å². The van der Waals surface area contributed by atoms with E-state index in [9.17, 15) is 14.9 Å². The molecule has 3 aromatic rings. The number of carbonyl (C=O) groups excluding carboxylic acids is 2. The van der Waals surface area contributed by atoms with Gasteiger partial charge in [-0.15, -0.1) is 11.8 Å². The maximum atomic E-state index is 14.1. The van der Waals surface area contributed by atoms with Crippen molar-refractivity contribution < 1.29 is 14.3 Å². The number of fused-ring (bicyclic) bond motifs is 2. The van der Waals surface area contributed by atoms with Crippen LogP contribution in [0.25, 0.3) is 0 Å². The Morgan fingerprint density at radius 3 is 2.80 bits per heavy atom. The molecule has 0 radical (unpaired) electrons. The molecule has 1 atom stereocenters. The zero-order valence-corrected chi connectivity index (χ0v) is 20.3. The number of amides is 3. The van der Waals surface area contributed by atoms with Gasteiger partial charge in [-0.25, -0.2) is 4.79 Å². The Hall–Kier alpha value is -3.96. The van der Waals surface area contributed by atoms with Crippen LogP contribution in [0.4, 0.5) is 16.2 Å². The van der Waals surface area contributed by atoms with Gasteiger partial charge in [-0.3, -0.25) is 9.69 Å². The molecule has 176 valence electrons. The summed E-state index contributed by atoms with van der Waals surface area (Å²) in [6.45, 7) is 2.74. The van der Waals surface area contributed by atoms with Gasteiger partial charge in [-0.2, -0.15) is 5.26 Å². The molecule has 0 aromatic heterocycles. The van der Waals surface area contributed by atoms with Gasteiger partial charge in [0.25, 0.3) is 5.91 Å². The smallest absolute Gasteiger partial charge is 0.323 e. The van der Waals surface area contributed by atoms with Crippen molar-refractivity contribution in [3.63, 3.8) is 0 Å². The minimum Gasteiger partial charge on any atom is -0.497 e. The highest BCUT2D eigenvalue weighted by molar-refractivity contribution is 8.01. The van der Waals surface area contributed by atoms with E-state index in [4.69, 9.17) is 4.74 Å². The molecule has 3 amide bonds. The number of methoxy groups -OCH3 is 1. The van der Waals surface area contributed by atoms with Crippen LogP contribution in [0.2, 0.25) is 0 Å². The van der Waals surface area contributed by atoms with Crippen LogP contribution in [0.1, 0.15) is 22.3 Å². The summed E-state index contributed by atoms with van der Waals surface area (Å²) in [6.07, 6.45) is 0. The molecule has 2 heterocycles. The van der Waals surface area contributed by atoms with Gasteiger partial charge in [0.15, 0.2) is 4.87 Å². The lowest BCUT2D eigenvalue weighted by molar-refractivity contribution is -0.123. The molecule has 0 aliphatic carbocycles. The monoisotopic (exact) mass is 484 g/mol. The highest BCUT2D eigenvalue weighted by atomic mass is 32.2. The topological polar surface area (TPSA) is 85.7 Å². The molecule has 2 aliphatic heterocycles. The van der Waals surface area contributed by atoms with Crippen molar-refractivity contribution in [3.05, 3.63) is 89.0 Å². The standard InChI is InChI=1S/C27H24N4O3S/c1-18-9-10-24-23(13-18)27(25(32)30(24)17-20-6-3-5-19(14-20)16-28)31(11-12-35-27)26(33)29-21-7-4-8-22(15-21)34-2/h3-10,13-15H,11-12,17H2,1-2H3,(H,29,33)/t27-/m1/s1. The van der Waals surface area contributed by atoms with Gasteiger partial charge < -0.3 is 15.0 Å². The van der Waals surface area contributed by atoms with Crippen molar-refractivity contribution in [2.45, 2.75) is 18.3 Å². The molecule has 7 nitrogen and oxygen atoms in total. The third-order valence-electron chi connectivity index (χ3n) is 6.31. The number of benzene rings is 3. The van der Waals surface area contributed by atoms with Gasteiger partial charge in [0.2, 0.25) is 0 Å². The summed E-state index contributed by atoms with van der Waals surface area (Å²) in [5.74, 6) is 1.13. The first kappa shape index (κ1) is 22.8. The normalized spacial score (nSPS) is 18.5. The lowest BCUT2D eigenvalue weighted by Crippen LogP contribution is -2.51. The van der Waals surface area contributed by atoms with E-state index in [2.05, 4.69) is 11.4 Å². The highest BCUT2D eigenvalue weighted by Gasteiger charge is 2.59. The fourth-order valence-corrected chi connectivity index (χ4v) is 6.15. The predicted octanol–water partition coefficient (Wildman–Crippen LogP) is 4.86. The summed E-state index contributed by atoms with van der Waals surface area (Å²) in [6, 6.07) is 22.2. The Labute approximate surface area is 208 Å². The molecule has 1 fully saturated rings. The average Bonchev–Trinajstić information content (AvgIpc) is 3.41. The number of aryl methyl sites for hydroxylation is 1. The number of anilines is 2. The predicted molar refractivity (Wildman–Crippen MR) is 136 cm³/mol. The number of rotatable bonds is 4. The third kappa shape index (κ3) is 3.88. The molecule has 5 rings (SSSR count). The molecule has 0 unspecified atom stereocenters. The van der Waals surface area contributed by atoms with Gasteiger partial charge >= 0.3 is 6.03 Å². The van der Waals surface area contributed by atoms with E-state index in [-0.39, 0.29) is 11.9 Å². The average molecular weight is 485 g/mol. The fourth-order valence-electron chi connectivity index (χ4n) is 4.70. The Balaban J connectivity index is 1.52. The minimum absolute atomic E-state index is 0.149. The van der Waals surface area contributed by atoms with Gasteiger partial charge in [-0.1, -0.05) is 35.9 Å². The number of nitriles is 1. The first-order chi connectivity index (χ1) is 17.0. The van der Waals surface area contributed by atoms with Gasteiger partial charge in [0, 0.05) is 29.6 Å². The van der Waals surface area contributed by atoms with E-state index < -0.39 is 4.87 Å². The first-order valence-corrected chi connectivity index (χ1v) is 12.2. The third-order valence-corrected chi connectivity index (χ3v) is 7.73. The van der Waals surface area contributed by atoms with Gasteiger partial charge in [0.1, 0.15) is 5.75 Å². The number of urea groups is 1. The Bertz CT molecular complexity index is 1370. The first-order valence-electron chi connectivity index (χ1n) is 11.2. The summed E-state index contributed by atoms with van der Waals surface area (Å²) in [5, 5.41) is 12.2. The maximum Gasteiger partial charge on any atom is 0.323 e. The van der Waals surface area contributed by atoms with Gasteiger partial charge in [-0.05, 0) is 42.8 Å². The van der Waals surface area contributed by atoms with Crippen LogP contribution in [-0.4, -0.2) is 36.2 Å². The SMILES string of the molecule is COc1cccc(NC(=O)N2CCS[C@]23C(=O)N(Cc2cccc(C#N)c2)c2ccc(C)cc23)c1. The summed E-state index contributed by atoms with van der Waals surface area (Å²) < 4.78 is 5.27. The molecule has 0 saturated carbocycles. The molecule has 8 heteroatoms. The molecule has 35 heavy (non-hydrogen) atoms. The number of carbonyl (C=O) groups is 2. The maximum absolute atomic E-state index is 14.1. The van der Waals surface area contributed by atoms with Crippen LogP contribution in [-0.2, 0) is 16.2 Å². The van der Waals surface area contributed by atoms with E-state index >= 15 is 0 Å². The second kappa shape index (κ2) is 9.01. The summed E-state index contributed by atoms with van der Waals surface area (Å²) in [5.41, 5.74) is 4.63. The molecular formula is C27H24N4O3S. The molecule has 1 N–H and O–H groups in total. The highest BCUT2D eigenvalue weighted by Crippen LogP contribution is 2.54. The summed E-state index contributed by atoms with van der Waals surface area (Å²) in [7, 11) is 1.57. The van der Waals surface area contributed by atoms with Crippen LogP contribution in [0.15, 0.2) is 66.7 Å². The second-order valence-electron chi connectivity index (χ2n) is 8.53. The quantitative estimate of drug-likeness (QED) is 0.572. The van der Waals surface area contributed by atoms with Crippen molar-refractivity contribution in [2.75, 3.05) is 29.6 Å². The van der Waals surface area contributed by atoms with Crippen LogP contribution in [0, 0.1) is 18.3 Å². The Morgan fingerprint density at radius 2 is 2.00 bits per heavy atom. The number of nitrogens with zero attached hydrogens (tertiary/aromatic N) is 3. The zero-order valence-electron chi connectivity index (χ0n) is 19.4. The van der Waals surface area contributed by atoms with Crippen molar-refractivity contribution >= 4 is 35.1 Å². The lowest BCUT2D eigenvalue weighted by atomic mass is 10.0. The molecular weight excluding hydrogens is 460 g/mol. The second-order valence-corrected chi connectivity index (χ2v) is 9.82. The number of hydrogen-bond acceptors (Lipinski definition) is 5. The van der Waals surface area contributed by atoms with Crippen LogP contribution in [0.5, 0.6) is 5.75 Å². The Kier molecular flexibility index (Phi) is 5.87. The fraction of sp³-hybridized carbons (Fsp3) is 0.222. The zero-order chi connectivity index (χ0) is 24.6. The minimum atomic E-state index is -1.14. The van der Waals surface area contributed by atoms with E-state index in [1.807, 2.05) is 43.3 Å². The van der Waals surface area contributed by atoms with Crippen molar-refractivity contribution in [1.82, 2.24) is 4.90 Å². The number of hydrogen-bond donors (Lipinski definition) is 1. The lowest BCUT2D eigenvalue weighted by Gasteiger charge is -2.33. The van der Waals surface area contributed by atoms with Crippen molar-refractivity contribution in [1.29, 1.82) is 5.26 Å².